The minimum Gasteiger partial charge on any atom is -0.490 e. The van der Waals surface area contributed by atoms with Crippen LogP contribution in [0.4, 0.5) is 0 Å². The molecule has 4 N–H and O–H groups in total. The fourth-order valence-corrected chi connectivity index (χ4v) is 4.30. The first-order chi connectivity index (χ1) is 12.9. The standard InChI is InChI=1S/C18H27N3O5S/c19-13-2-4-14(5-3-13)21-18(22)8-9-20-27(23,24)15-6-7-16-17(12-15)26-11-1-10-25-16/h6-7,12-14,20H,1-5,8-11,19H2,(H,21,22). The first-order valence-electron chi connectivity index (χ1n) is 9.38. The number of nitrogens with one attached hydrogen (secondary N) is 2. The number of ether oxygens (including phenoxy) is 2. The van der Waals surface area contributed by atoms with Gasteiger partial charge in [-0.25, -0.2) is 13.1 Å². The number of sulfonamides is 1. The molecule has 1 saturated carbocycles. The molecule has 0 bridgehead atoms. The lowest BCUT2D eigenvalue weighted by molar-refractivity contribution is -0.121. The smallest absolute Gasteiger partial charge is 0.240 e. The third-order valence-corrected chi connectivity index (χ3v) is 6.27. The summed E-state index contributed by atoms with van der Waals surface area (Å²) in [5, 5.41) is 2.95. The molecule has 8 nitrogen and oxygen atoms in total. The zero-order chi connectivity index (χ0) is 19.3. The van der Waals surface area contributed by atoms with Crippen LogP contribution in [0.2, 0.25) is 0 Å². The summed E-state index contributed by atoms with van der Waals surface area (Å²) in [7, 11) is -3.72. The Kier molecular flexibility index (Phi) is 6.56. The van der Waals surface area contributed by atoms with Crippen LogP contribution in [-0.2, 0) is 14.8 Å². The molecule has 1 amide bonds. The molecular formula is C18H27N3O5S. The van der Waals surface area contributed by atoms with Crippen molar-refractivity contribution in [3.8, 4) is 11.5 Å². The maximum absolute atomic E-state index is 12.5. The van der Waals surface area contributed by atoms with Gasteiger partial charge in [-0.2, -0.15) is 0 Å². The SMILES string of the molecule is NC1CCC(NC(=O)CCNS(=O)(=O)c2ccc3c(c2)OCCCO3)CC1. The van der Waals surface area contributed by atoms with Gasteiger partial charge in [0.2, 0.25) is 15.9 Å². The van der Waals surface area contributed by atoms with Crippen LogP contribution in [0.15, 0.2) is 23.1 Å². The summed E-state index contributed by atoms with van der Waals surface area (Å²) in [6.07, 6.45) is 4.39. The largest absolute Gasteiger partial charge is 0.490 e. The summed E-state index contributed by atoms with van der Waals surface area (Å²) in [5.74, 6) is 0.804. The van der Waals surface area contributed by atoms with Crippen LogP contribution in [0, 0.1) is 0 Å². The van der Waals surface area contributed by atoms with Gasteiger partial charge in [-0.1, -0.05) is 0 Å². The summed E-state index contributed by atoms with van der Waals surface area (Å²) < 4.78 is 38.4. The van der Waals surface area contributed by atoms with Crippen molar-refractivity contribution in [2.75, 3.05) is 19.8 Å². The maximum Gasteiger partial charge on any atom is 0.240 e. The highest BCUT2D eigenvalue weighted by Gasteiger charge is 2.21. The van der Waals surface area contributed by atoms with E-state index >= 15 is 0 Å². The van der Waals surface area contributed by atoms with Gasteiger partial charge >= 0.3 is 0 Å². The number of fused-ring (bicyclic) bond motifs is 1. The van der Waals surface area contributed by atoms with E-state index in [0.717, 1.165) is 32.1 Å². The van der Waals surface area contributed by atoms with Crippen molar-refractivity contribution in [1.82, 2.24) is 10.0 Å². The van der Waals surface area contributed by atoms with E-state index in [2.05, 4.69) is 10.0 Å². The minimum atomic E-state index is -3.72. The molecule has 1 aromatic carbocycles. The van der Waals surface area contributed by atoms with Gasteiger partial charge in [-0.15, -0.1) is 0 Å². The van der Waals surface area contributed by atoms with Gasteiger partial charge < -0.3 is 20.5 Å². The lowest BCUT2D eigenvalue weighted by atomic mass is 9.92. The van der Waals surface area contributed by atoms with E-state index in [1.807, 2.05) is 0 Å². The van der Waals surface area contributed by atoms with Crippen LogP contribution in [0.1, 0.15) is 38.5 Å². The molecule has 0 atom stereocenters. The highest BCUT2D eigenvalue weighted by atomic mass is 32.2. The van der Waals surface area contributed by atoms with E-state index < -0.39 is 10.0 Å². The number of carbonyl (C=O) groups is 1. The molecule has 1 fully saturated rings. The van der Waals surface area contributed by atoms with Gasteiger partial charge in [0.05, 0.1) is 18.1 Å². The number of benzene rings is 1. The second-order valence-electron chi connectivity index (χ2n) is 6.99. The maximum atomic E-state index is 12.5. The van der Waals surface area contributed by atoms with Crippen molar-refractivity contribution < 1.29 is 22.7 Å². The predicted molar refractivity (Wildman–Crippen MR) is 100 cm³/mol. The zero-order valence-corrected chi connectivity index (χ0v) is 16.1. The molecule has 1 aliphatic carbocycles. The average Bonchev–Trinajstić information content (AvgIpc) is 2.88. The molecule has 0 spiro atoms. The predicted octanol–water partition coefficient (Wildman–Crippen LogP) is 0.902. The lowest BCUT2D eigenvalue weighted by Gasteiger charge is -2.26. The Bertz CT molecular complexity index is 760. The van der Waals surface area contributed by atoms with E-state index in [1.165, 1.54) is 12.1 Å². The van der Waals surface area contributed by atoms with Crippen molar-refractivity contribution in [1.29, 1.82) is 0 Å². The Morgan fingerprint density at radius 3 is 2.56 bits per heavy atom. The van der Waals surface area contributed by atoms with E-state index in [1.54, 1.807) is 6.07 Å². The van der Waals surface area contributed by atoms with E-state index in [4.69, 9.17) is 15.2 Å². The number of amides is 1. The number of hydrogen-bond donors (Lipinski definition) is 3. The summed E-state index contributed by atoms with van der Waals surface area (Å²) in [6.45, 7) is 1.06. The first kappa shape index (κ1) is 19.9. The van der Waals surface area contributed by atoms with Gasteiger partial charge in [-0.3, -0.25) is 4.79 Å². The Morgan fingerprint density at radius 1 is 1.11 bits per heavy atom. The van der Waals surface area contributed by atoms with Crippen LogP contribution < -0.4 is 25.2 Å². The second-order valence-corrected chi connectivity index (χ2v) is 8.75. The molecule has 1 aromatic rings. The Balaban J connectivity index is 1.50. The number of nitrogens with two attached hydrogens (primary N) is 1. The van der Waals surface area contributed by atoms with Gasteiger partial charge in [0, 0.05) is 37.5 Å². The molecular weight excluding hydrogens is 370 g/mol. The van der Waals surface area contributed by atoms with Crippen LogP contribution in [-0.4, -0.2) is 46.2 Å². The summed E-state index contributed by atoms with van der Waals surface area (Å²) in [4.78, 5) is 12.1. The van der Waals surface area contributed by atoms with Crippen molar-refractivity contribution in [3.63, 3.8) is 0 Å². The fourth-order valence-electron chi connectivity index (χ4n) is 3.26. The van der Waals surface area contributed by atoms with Crippen molar-refractivity contribution in [3.05, 3.63) is 18.2 Å². The Labute approximate surface area is 159 Å². The van der Waals surface area contributed by atoms with Crippen LogP contribution in [0.5, 0.6) is 11.5 Å². The van der Waals surface area contributed by atoms with Crippen LogP contribution >= 0.6 is 0 Å². The van der Waals surface area contributed by atoms with Gasteiger partial charge in [0.15, 0.2) is 11.5 Å². The summed E-state index contributed by atoms with van der Waals surface area (Å²) in [6, 6.07) is 4.88. The number of rotatable bonds is 6. The third kappa shape index (κ3) is 5.57. The molecule has 150 valence electrons. The highest BCUT2D eigenvalue weighted by molar-refractivity contribution is 7.89. The number of carbonyl (C=O) groups excluding carboxylic acids is 1. The molecule has 0 aromatic heterocycles. The highest BCUT2D eigenvalue weighted by Crippen LogP contribution is 2.31. The molecule has 2 aliphatic rings. The van der Waals surface area contributed by atoms with Crippen molar-refractivity contribution in [2.45, 2.75) is 55.5 Å². The summed E-state index contributed by atoms with van der Waals surface area (Å²) >= 11 is 0. The number of hydrogen-bond acceptors (Lipinski definition) is 6. The molecule has 9 heteroatoms. The minimum absolute atomic E-state index is 0.0366. The zero-order valence-electron chi connectivity index (χ0n) is 15.3. The fraction of sp³-hybridized carbons (Fsp3) is 0.611. The molecule has 0 radical (unpaired) electrons. The molecule has 3 rings (SSSR count). The molecule has 1 aliphatic heterocycles. The normalized spacial score (nSPS) is 22.7. The Morgan fingerprint density at radius 2 is 1.81 bits per heavy atom. The van der Waals surface area contributed by atoms with Gasteiger partial charge in [0.25, 0.3) is 0 Å². The lowest BCUT2D eigenvalue weighted by Crippen LogP contribution is -2.41. The van der Waals surface area contributed by atoms with E-state index in [-0.39, 0.29) is 35.9 Å². The van der Waals surface area contributed by atoms with Gasteiger partial charge in [0.1, 0.15) is 0 Å². The van der Waals surface area contributed by atoms with E-state index in [9.17, 15) is 13.2 Å². The average molecular weight is 397 g/mol. The quantitative estimate of drug-likeness (QED) is 0.656. The third-order valence-electron chi connectivity index (χ3n) is 4.81. The van der Waals surface area contributed by atoms with Crippen molar-refractivity contribution in [2.24, 2.45) is 5.73 Å². The second kappa shape index (κ2) is 8.90. The molecule has 0 unspecified atom stereocenters. The monoisotopic (exact) mass is 397 g/mol. The molecule has 1 heterocycles. The van der Waals surface area contributed by atoms with Crippen LogP contribution in [0.3, 0.4) is 0 Å². The van der Waals surface area contributed by atoms with Crippen molar-refractivity contribution >= 4 is 15.9 Å². The molecule has 27 heavy (non-hydrogen) atoms. The first-order valence-corrected chi connectivity index (χ1v) is 10.9. The molecule has 0 saturated heterocycles. The van der Waals surface area contributed by atoms with E-state index in [0.29, 0.717) is 24.7 Å². The Hall–Kier alpha value is -1.84. The summed E-state index contributed by atoms with van der Waals surface area (Å²) in [5.41, 5.74) is 5.86. The topological polar surface area (TPSA) is 120 Å². The van der Waals surface area contributed by atoms with Crippen LogP contribution in [0.25, 0.3) is 0 Å². The van der Waals surface area contributed by atoms with Gasteiger partial charge in [-0.05, 0) is 37.8 Å².